The van der Waals surface area contributed by atoms with E-state index in [2.05, 4.69) is 6.58 Å². The first kappa shape index (κ1) is 13.8. The van der Waals surface area contributed by atoms with Gasteiger partial charge in [0.15, 0.2) is 0 Å². The largest absolute Gasteiger partial charge is 0.344 e. The molecule has 4 N–H and O–H groups in total. The lowest BCUT2D eigenvalue weighted by atomic mass is 10.1. The predicted octanol–water partition coefficient (Wildman–Crippen LogP) is 2.21. The zero-order chi connectivity index (χ0) is 10.8. The highest BCUT2D eigenvalue weighted by Crippen LogP contribution is 2.17. The lowest BCUT2D eigenvalue weighted by Gasteiger charge is -2.05. The molecular weight excluding hydrogens is 214 g/mol. The van der Waals surface area contributed by atoms with Crippen LogP contribution in [0.4, 0.5) is 0 Å². The molecule has 84 valence electrons. The molecule has 0 unspecified atom stereocenters. The van der Waals surface area contributed by atoms with Crippen LogP contribution in [0.2, 0.25) is 0 Å². The molecule has 0 amide bonds. The summed E-state index contributed by atoms with van der Waals surface area (Å²) >= 11 is 0. The summed E-state index contributed by atoms with van der Waals surface area (Å²) < 4.78 is 30.8. The van der Waals surface area contributed by atoms with Crippen molar-refractivity contribution in [3.05, 3.63) is 42.0 Å². The van der Waals surface area contributed by atoms with E-state index < -0.39 is 10.1 Å². The van der Waals surface area contributed by atoms with Crippen LogP contribution in [0.5, 0.6) is 0 Å². The van der Waals surface area contributed by atoms with Crippen molar-refractivity contribution in [2.75, 3.05) is 0 Å². The van der Waals surface area contributed by atoms with Crippen molar-refractivity contribution in [1.29, 1.82) is 0 Å². The van der Waals surface area contributed by atoms with Crippen molar-refractivity contribution >= 4 is 10.1 Å². The maximum atomic E-state index is 11.0. The molecule has 0 fully saturated rings. The molecule has 0 atom stereocenters. The molecule has 1 aromatic rings. The summed E-state index contributed by atoms with van der Waals surface area (Å²) in [7, 11) is -4.12. The van der Waals surface area contributed by atoms with Crippen LogP contribution in [-0.4, -0.2) is 13.0 Å². The summed E-state index contributed by atoms with van der Waals surface area (Å²) in [4.78, 5) is -0.0389. The van der Waals surface area contributed by atoms with E-state index in [9.17, 15) is 8.42 Å². The SMILES string of the molecule is C=C(C)Cc1ccccc1S(=O)(=O)O.N. The van der Waals surface area contributed by atoms with E-state index >= 15 is 0 Å². The van der Waals surface area contributed by atoms with Gasteiger partial charge in [-0.2, -0.15) is 8.42 Å². The van der Waals surface area contributed by atoms with Crippen LogP contribution in [-0.2, 0) is 16.5 Å². The van der Waals surface area contributed by atoms with Crippen LogP contribution >= 0.6 is 0 Å². The van der Waals surface area contributed by atoms with Crippen molar-refractivity contribution in [1.82, 2.24) is 6.15 Å². The third kappa shape index (κ3) is 3.83. The fourth-order valence-electron chi connectivity index (χ4n) is 1.23. The molecule has 0 saturated carbocycles. The second-order valence-corrected chi connectivity index (χ2v) is 4.61. The molecule has 0 aliphatic rings. The minimum absolute atomic E-state index is 0. The monoisotopic (exact) mass is 229 g/mol. The number of benzene rings is 1. The van der Waals surface area contributed by atoms with Crippen molar-refractivity contribution in [2.45, 2.75) is 18.2 Å². The van der Waals surface area contributed by atoms with Gasteiger partial charge in [0, 0.05) is 0 Å². The van der Waals surface area contributed by atoms with Crippen molar-refractivity contribution < 1.29 is 13.0 Å². The molecule has 0 spiro atoms. The second kappa shape index (κ2) is 5.06. The van der Waals surface area contributed by atoms with Crippen molar-refractivity contribution in [2.24, 2.45) is 0 Å². The normalized spacial score (nSPS) is 10.5. The molecule has 5 heteroatoms. The molecule has 0 aliphatic heterocycles. The molecule has 4 nitrogen and oxygen atoms in total. The summed E-state index contributed by atoms with van der Waals surface area (Å²) in [6.45, 7) is 5.50. The lowest BCUT2D eigenvalue weighted by molar-refractivity contribution is 0.482. The smallest absolute Gasteiger partial charge is 0.294 e. The fourth-order valence-corrected chi connectivity index (χ4v) is 1.95. The fraction of sp³-hybridized carbons (Fsp3) is 0.200. The van der Waals surface area contributed by atoms with Gasteiger partial charge in [-0.15, -0.1) is 0 Å². The minimum Gasteiger partial charge on any atom is -0.344 e. The van der Waals surface area contributed by atoms with Crippen LogP contribution in [0.25, 0.3) is 0 Å². The summed E-state index contributed by atoms with van der Waals surface area (Å²) in [5.74, 6) is 0. The summed E-state index contributed by atoms with van der Waals surface area (Å²) in [6.07, 6.45) is 0.454. The lowest BCUT2D eigenvalue weighted by Crippen LogP contribution is -2.03. The zero-order valence-electron chi connectivity index (χ0n) is 8.60. The standard InChI is InChI=1S/C10H12O3S.H3N/c1-8(2)7-9-5-3-4-6-10(9)14(11,12)13;/h3-6H,1,7H2,2H3,(H,11,12,13);1H3. The molecule has 1 aromatic carbocycles. The number of allylic oxidation sites excluding steroid dienone is 1. The Hall–Kier alpha value is -1.17. The van der Waals surface area contributed by atoms with Crippen LogP contribution in [0, 0.1) is 0 Å². The first-order chi connectivity index (χ1) is 6.41. The average Bonchev–Trinajstić information content (AvgIpc) is 2.01. The Labute approximate surface area is 90.0 Å². The van der Waals surface area contributed by atoms with E-state index in [0.717, 1.165) is 5.57 Å². The van der Waals surface area contributed by atoms with Gasteiger partial charge in [-0.1, -0.05) is 30.4 Å². The second-order valence-electron chi connectivity index (χ2n) is 3.22. The number of hydrogen-bond acceptors (Lipinski definition) is 3. The van der Waals surface area contributed by atoms with Gasteiger partial charge in [0.05, 0.1) is 4.90 Å². The zero-order valence-corrected chi connectivity index (χ0v) is 9.42. The van der Waals surface area contributed by atoms with E-state index in [4.69, 9.17) is 4.55 Å². The van der Waals surface area contributed by atoms with E-state index in [1.165, 1.54) is 6.07 Å². The molecule has 15 heavy (non-hydrogen) atoms. The van der Waals surface area contributed by atoms with E-state index in [-0.39, 0.29) is 11.0 Å². The minimum atomic E-state index is -4.12. The number of hydrogen-bond donors (Lipinski definition) is 2. The van der Waals surface area contributed by atoms with Gasteiger partial charge in [0.2, 0.25) is 0 Å². The van der Waals surface area contributed by atoms with E-state index in [1.54, 1.807) is 25.1 Å². The maximum Gasteiger partial charge on any atom is 0.294 e. The van der Waals surface area contributed by atoms with Crippen molar-refractivity contribution in [3.63, 3.8) is 0 Å². The molecule has 0 saturated heterocycles. The molecule has 0 radical (unpaired) electrons. The Balaban J connectivity index is 0.00000196. The quantitative estimate of drug-likeness (QED) is 0.614. The predicted molar refractivity (Wildman–Crippen MR) is 59.8 cm³/mol. The maximum absolute atomic E-state index is 11.0. The average molecular weight is 229 g/mol. The van der Waals surface area contributed by atoms with Gasteiger partial charge >= 0.3 is 0 Å². The van der Waals surface area contributed by atoms with Crippen LogP contribution < -0.4 is 6.15 Å². The van der Waals surface area contributed by atoms with Crippen molar-refractivity contribution in [3.8, 4) is 0 Å². The Morgan fingerprint density at radius 3 is 2.40 bits per heavy atom. The Morgan fingerprint density at radius 1 is 1.40 bits per heavy atom. The van der Waals surface area contributed by atoms with Gasteiger partial charge in [-0.25, -0.2) is 0 Å². The van der Waals surface area contributed by atoms with Gasteiger partial charge in [-0.3, -0.25) is 4.55 Å². The summed E-state index contributed by atoms with van der Waals surface area (Å²) in [6, 6.07) is 6.35. The molecule has 1 rings (SSSR count). The summed E-state index contributed by atoms with van der Waals surface area (Å²) in [5.41, 5.74) is 1.42. The molecule has 0 aliphatic carbocycles. The topological polar surface area (TPSA) is 89.4 Å². The van der Waals surface area contributed by atoms with E-state index in [0.29, 0.717) is 12.0 Å². The number of rotatable bonds is 3. The Bertz CT molecular complexity index is 451. The Morgan fingerprint density at radius 2 is 1.93 bits per heavy atom. The third-order valence-corrected chi connectivity index (χ3v) is 2.70. The highest BCUT2D eigenvalue weighted by molar-refractivity contribution is 7.85. The van der Waals surface area contributed by atoms with Crippen LogP contribution in [0.3, 0.4) is 0 Å². The van der Waals surface area contributed by atoms with Gasteiger partial charge in [0.25, 0.3) is 10.1 Å². The molecule has 0 bridgehead atoms. The van der Waals surface area contributed by atoms with Crippen LogP contribution in [0.15, 0.2) is 41.3 Å². The van der Waals surface area contributed by atoms with E-state index in [1.807, 2.05) is 0 Å². The Kier molecular flexibility index (Phi) is 4.67. The van der Waals surface area contributed by atoms with Crippen LogP contribution in [0.1, 0.15) is 12.5 Å². The highest BCUT2D eigenvalue weighted by atomic mass is 32.2. The molecule has 0 aromatic heterocycles. The first-order valence-corrected chi connectivity index (χ1v) is 5.55. The van der Waals surface area contributed by atoms with Gasteiger partial charge in [-0.05, 0) is 25.0 Å². The third-order valence-electron chi connectivity index (χ3n) is 1.74. The first-order valence-electron chi connectivity index (χ1n) is 4.11. The van der Waals surface area contributed by atoms with Gasteiger partial charge < -0.3 is 6.15 Å². The molecule has 0 heterocycles. The molecular formula is C10H15NO3S. The summed E-state index contributed by atoms with van der Waals surface area (Å²) in [5, 5.41) is 0. The van der Waals surface area contributed by atoms with Gasteiger partial charge in [0.1, 0.15) is 0 Å². The highest BCUT2D eigenvalue weighted by Gasteiger charge is 2.13.